The molecule has 2 heterocycles. The molecule has 1 aromatic rings. The van der Waals surface area contributed by atoms with Gasteiger partial charge in [0.2, 0.25) is 0 Å². The Bertz CT molecular complexity index is 790. The molecule has 0 amide bonds. The molecule has 1 saturated carbocycles. The van der Waals surface area contributed by atoms with Crippen LogP contribution in [-0.4, -0.2) is 43.3 Å². The number of benzene rings is 1. The molecule has 1 aromatic carbocycles. The summed E-state index contributed by atoms with van der Waals surface area (Å²) < 4.78 is 17.2. The number of fused-ring (bicyclic) bond motifs is 5. The van der Waals surface area contributed by atoms with Crippen LogP contribution in [0.2, 0.25) is 0 Å². The number of Topliss-reactive ketones (excluding diaryl/α,β-unsaturated/α-hetero) is 2. The van der Waals surface area contributed by atoms with Crippen molar-refractivity contribution in [3.8, 4) is 0 Å². The Morgan fingerprint density at radius 3 is 2.38 bits per heavy atom. The monoisotopic (exact) mass is 400 g/mol. The molecule has 3 aliphatic rings. The standard InChI is InChI=1S/C24H32O5/c1-5-15-10-14(4)11-16(6-2)18(15)20-22(25)19-17-8-9-24(29-17,21(19)23(20)26)12-28-13-27-7-3/h10-11,17,19-21H,5-9,12-13H2,1-4H3/t17-,19-,20?,21+,24-/m0/s1. The van der Waals surface area contributed by atoms with E-state index < -0.39 is 17.4 Å². The molecule has 2 aliphatic heterocycles. The smallest absolute Gasteiger partial charge is 0.154 e. The topological polar surface area (TPSA) is 61.8 Å². The molecule has 0 N–H and O–H groups in total. The van der Waals surface area contributed by atoms with Crippen LogP contribution in [-0.2, 0) is 36.6 Å². The lowest BCUT2D eigenvalue weighted by molar-refractivity contribution is -0.142. The molecular formula is C24H32O5. The molecule has 1 aliphatic carbocycles. The number of carbonyl (C=O) groups is 2. The van der Waals surface area contributed by atoms with Crippen molar-refractivity contribution in [2.45, 2.75) is 71.0 Å². The average molecular weight is 401 g/mol. The molecule has 2 bridgehead atoms. The van der Waals surface area contributed by atoms with Crippen molar-refractivity contribution < 1.29 is 23.8 Å². The van der Waals surface area contributed by atoms with Crippen LogP contribution in [0.15, 0.2) is 12.1 Å². The predicted molar refractivity (Wildman–Crippen MR) is 109 cm³/mol. The van der Waals surface area contributed by atoms with Crippen molar-refractivity contribution in [1.29, 1.82) is 0 Å². The van der Waals surface area contributed by atoms with E-state index in [-0.39, 0.29) is 30.4 Å². The summed E-state index contributed by atoms with van der Waals surface area (Å²) in [4.78, 5) is 27.3. The van der Waals surface area contributed by atoms with Crippen molar-refractivity contribution in [1.82, 2.24) is 0 Å². The summed E-state index contributed by atoms with van der Waals surface area (Å²) in [5, 5.41) is 0. The molecule has 4 rings (SSSR count). The molecule has 2 saturated heterocycles. The summed E-state index contributed by atoms with van der Waals surface area (Å²) in [6, 6.07) is 4.27. The van der Waals surface area contributed by atoms with E-state index in [1.54, 1.807) is 0 Å². The van der Waals surface area contributed by atoms with Crippen molar-refractivity contribution in [2.75, 3.05) is 20.0 Å². The highest BCUT2D eigenvalue weighted by Crippen LogP contribution is 2.58. The van der Waals surface area contributed by atoms with E-state index in [2.05, 4.69) is 32.9 Å². The Balaban J connectivity index is 1.69. The minimum atomic E-state index is -0.669. The Morgan fingerprint density at radius 1 is 1.07 bits per heavy atom. The first kappa shape index (κ1) is 20.7. The van der Waals surface area contributed by atoms with E-state index in [1.807, 2.05) is 6.92 Å². The summed E-state index contributed by atoms with van der Waals surface area (Å²) in [6.07, 6.45) is 3.07. The molecule has 5 heteroatoms. The Labute approximate surface area is 173 Å². The number of hydrogen-bond donors (Lipinski definition) is 0. The van der Waals surface area contributed by atoms with Crippen molar-refractivity contribution in [2.24, 2.45) is 11.8 Å². The van der Waals surface area contributed by atoms with Crippen LogP contribution >= 0.6 is 0 Å². The molecule has 5 nitrogen and oxygen atoms in total. The summed E-state index contributed by atoms with van der Waals surface area (Å²) >= 11 is 0. The van der Waals surface area contributed by atoms with Gasteiger partial charge in [0.25, 0.3) is 0 Å². The van der Waals surface area contributed by atoms with E-state index in [0.717, 1.165) is 42.4 Å². The van der Waals surface area contributed by atoms with Gasteiger partial charge in [-0.15, -0.1) is 0 Å². The highest BCUT2D eigenvalue weighted by atomic mass is 16.7. The first-order valence-electron chi connectivity index (χ1n) is 11.0. The van der Waals surface area contributed by atoms with Gasteiger partial charge in [-0.3, -0.25) is 9.59 Å². The third kappa shape index (κ3) is 3.18. The number of carbonyl (C=O) groups excluding carboxylic acids is 2. The number of ketones is 2. The third-order valence-electron chi connectivity index (χ3n) is 7.03. The fourth-order valence-corrected chi connectivity index (χ4v) is 5.87. The zero-order valence-electron chi connectivity index (χ0n) is 18.0. The van der Waals surface area contributed by atoms with Gasteiger partial charge in [0.05, 0.1) is 24.5 Å². The van der Waals surface area contributed by atoms with Gasteiger partial charge in [-0.05, 0) is 56.2 Å². The van der Waals surface area contributed by atoms with Gasteiger partial charge in [0.15, 0.2) is 11.6 Å². The number of hydrogen-bond acceptors (Lipinski definition) is 5. The lowest BCUT2D eigenvalue weighted by atomic mass is 9.73. The molecule has 29 heavy (non-hydrogen) atoms. The maximum absolute atomic E-state index is 13.7. The van der Waals surface area contributed by atoms with Gasteiger partial charge in [-0.2, -0.15) is 0 Å². The number of ether oxygens (including phenoxy) is 3. The average Bonchev–Trinajstić information content (AvgIpc) is 3.35. The van der Waals surface area contributed by atoms with E-state index >= 15 is 0 Å². The second kappa shape index (κ2) is 7.93. The SMILES string of the molecule is CCOCOC[C@]12CC[C@H](O1)[C@@H]1C(=O)C(c3c(CC)cc(C)cc3CC)C(=O)[C@@H]12. The normalized spacial score (nSPS) is 33.0. The van der Waals surface area contributed by atoms with Crippen LogP contribution in [0.25, 0.3) is 0 Å². The van der Waals surface area contributed by atoms with Gasteiger partial charge >= 0.3 is 0 Å². The van der Waals surface area contributed by atoms with Crippen LogP contribution in [0.4, 0.5) is 0 Å². The Hall–Kier alpha value is -1.56. The largest absolute Gasteiger partial charge is 0.368 e. The summed E-state index contributed by atoms with van der Waals surface area (Å²) in [5.41, 5.74) is 3.74. The number of rotatable bonds is 8. The molecule has 3 fully saturated rings. The molecule has 0 spiro atoms. The third-order valence-corrected chi connectivity index (χ3v) is 7.03. The number of aryl methyl sites for hydroxylation is 3. The fraction of sp³-hybridized carbons (Fsp3) is 0.667. The van der Waals surface area contributed by atoms with Gasteiger partial charge < -0.3 is 14.2 Å². The lowest BCUT2D eigenvalue weighted by Crippen LogP contribution is -2.44. The first-order valence-corrected chi connectivity index (χ1v) is 11.0. The zero-order valence-corrected chi connectivity index (χ0v) is 18.0. The van der Waals surface area contributed by atoms with Crippen LogP contribution < -0.4 is 0 Å². The molecular weight excluding hydrogens is 368 g/mol. The Morgan fingerprint density at radius 2 is 1.76 bits per heavy atom. The van der Waals surface area contributed by atoms with Crippen molar-refractivity contribution >= 4 is 11.6 Å². The van der Waals surface area contributed by atoms with Crippen molar-refractivity contribution in [3.63, 3.8) is 0 Å². The van der Waals surface area contributed by atoms with Crippen LogP contribution in [0, 0.1) is 18.8 Å². The second-order valence-electron chi connectivity index (χ2n) is 8.66. The first-order chi connectivity index (χ1) is 14.0. The van der Waals surface area contributed by atoms with E-state index in [4.69, 9.17) is 14.2 Å². The van der Waals surface area contributed by atoms with Gasteiger partial charge in [0.1, 0.15) is 18.3 Å². The molecule has 0 aromatic heterocycles. The van der Waals surface area contributed by atoms with Gasteiger partial charge in [-0.1, -0.05) is 31.5 Å². The molecule has 158 valence electrons. The van der Waals surface area contributed by atoms with Gasteiger partial charge in [0, 0.05) is 6.61 Å². The summed E-state index contributed by atoms with van der Waals surface area (Å²) in [5.74, 6) is -1.27. The maximum Gasteiger partial charge on any atom is 0.154 e. The van der Waals surface area contributed by atoms with Crippen LogP contribution in [0.5, 0.6) is 0 Å². The van der Waals surface area contributed by atoms with Gasteiger partial charge in [-0.25, -0.2) is 0 Å². The lowest BCUT2D eigenvalue weighted by Gasteiger charge is -2.31. The molecule has 1 unspecified atom stereocenters. The minimum Gasteiger partial charge on any atom is -0.368 e. The maximum atomic E-state index is 13.7. The second-order valence-corrected chi connectivity index (χ2v) is 8.66. The van der Waals surface area contributed by atoms with E-state index in [1.165, 1.54) is 5.56 Å². The van der Waals surface area contributed by atoms with Crippen LogP contribution in [0.1, 0.15) is 61.8 Å². The van der Waals surface area contributed by atoms with Crippen molar-refractivity contribution in [3.05, 3.63) is 34.4 Å². The zero-order chi connectivity index (χ0) is 20.8. The Kier molecular flexibility index (Phi) is 5.66. The summed E-state index contributed by atoms with van der Waals surface area (Å²) in [6.45, 7) is 9.26. The predicted octanol–water partition coefficient (Wildman–Crippen LogP) is 3.53. The van der Waals surface area contributed by atoms with E-state index in [9.17, 15) is 9.59 Å². The molecule has 5 atom stereocenters. The minimum absolute atomic E-state index is 0.0375. The van der Waals surface area contributed by atoms with Crippen LogP contribution in [0.3, 0.4) is 0 Å². The highest BCUT2D eigenvalue weighted by Gasteiger charge is 2.69. The highest BCUT2D eigenvalue weighted by molar-refractivity contribution is 6.17. The summed E-state index contributed by atoms with van der Waals surface area (Å²) in [7, 11) is 0. The van der Waals surface area contributed by atoms with E-state index in [0.29, 0.717) is 13.2 Å². The quantitative estimate of drug-likeness (QED) is 0.380. The molecule has 0 radical (unpaired) electrons. The fourth-order valence-electron chi connectivity index (χ4n) is 5.87.